The van der Waals surface area contributed by atoms with Crippen LogP contribution in [0.1, 0.15) is 40.0 Å². The van der Waals surface area contributed by atoms with E-state index in [0.717, 1.165) is 12.8 Å². The van der Waals surface area contributed by atoms with Gasteiger partial charge in [-0.2, -0.15) is 0 Å². The highest BCUT2D eigenvalue weighted by atomic mass is 16.5. The Morgan fingerprint density at radius 3 is 2.46 bits per heavy atom. The molecule has 0 aromatic rings. The summed E-state index contributed by atoms with van der Waals surface area (Å²) in [6.07, 6.45) is 2.08. The third-order valence-corrected chi connectivity index (χ3v) is 1.58. The number of unbranched alkanes of at least 4 members (excludes halogenated alkanes) is 1. The van der Waals surface area contributed by atoms with Gasteiger partial charge in [0.05, 0.1) is 6.10 Å². The highest BCUT2D eigenvalue weighted by Gasteiger charge is 2.20. The molecule has 4 heteroatoms. The van der Waals surface area contributed by atoms with E-state index in [-0.39, 0.29) is 6.10 Å². The van der Waals surface area contributed by atoms with Crippen molar-refractivity contribution < 1.29 is 9.53 Å². The van der Waals surface area contributed by atoms with Gasteiger partial charge < -0.3 is 4.74 Å². The van der Waals surface area contributed by atoms with Gasteiger partial charge in [-0.15, -0.1) is 4.91 Å². The molecule has 13 heavy (non-hydrogen) atoms. The number of esters is 1. The van der Waals surface area contributed by atoms with Gasteiger partial charge in [0, 0.05) is 0 Å². The molecule has 0 aromatic heterocycles. The number of carbonyl (C=O) groups excluding carboxylic acids is 1. The Morgan fingerprint density at radius 2 is 2.08 bits per heavy atom. The molecule has 4 nitrogen and oxygen atoms in total. The van der Waals surface area contributed by atoms with Crippen LogP contribution in [0.25, 0.3) is 0 Å². The molecule has 1 atom stereocenters. The topological polar surface area (TPSA) is 55.7 Å². The van der Waals surface area contributed by atoms with Crippen molar-refractivity contribution in [1.29, 1.82) is 0 Å². The van der Waals surface area contributed by atoms with Gasteiger partial charge in [-0.05, 0) is 20.3 Å². The van der Waals surface area contributed by atoms with Gasteiger partial charge in [0.25, 0.3) is 0 Å². The van der Waals surface area contributed by atoms with Gasteiger partial charge in [0.2, 0.25) is 0 Å². The molecule has 0 saturated heterocycles. The summed E-state index contributed by atoms with van der Waals surface area (Å²) in [6, 6.07) is -0.817. The van der Waals surface area contributed by atoms with Crippen LogP contribution < -0.4 is 0 Å². The van der Waals surface area contributed by atoms with E-state index in [1.54, 1.807) is 13.8 Å². The minimum Gasteiger partial charge on any atom is -0.461 e. The van der Waals surface area contributed by atoms with Crippen molar-refractivity contribution >= 4 is 5.97 Å². The highest BCUT2D eigenvalue weighted by molar-refractivity contribution is 5.76. The minimum atomic E-state index is -0.817. The number of nitroso groups, excluding NO2 is 1. The fourth-order valence-corrected chi connectivity index (χ4v) is 0.922. The first-order chi connectivity index (χ1) is 6.11. The summed E-state index contributed by atoms with van der Waals surface area (Å²) in [4.78, 5) is 21.5. The first-order valence-corrected chi connectivity index (χ1v) is 4.64. The maximum atomic E-state index is 11.2. The van der Waals surface area contributed by atoms with E-state index >= 15 is 0 Å². The molecule has 0 saturated carbocycles. The standard InChI is InChI=1S/C9H17NO3/c1-4-5-6-8(10-12)9(11)13-7(2)3/h7-8H,4-6H2,1-3H3. The molecule has 76 valence electrons. The predicted molar refractivity (Wildman–Crippen MR) is 50.3 cm³/mol. The highest BCUT2D eigenvalue weighted by Crippen LogP contribution is 2.07. The number of nitrogens with zero attached hydrogens (tertiary/aromatic N) is 1. The Labute approximate surface area is 78.6 Å². The van der Waals surface area contributed by atoms with Crippen LogP contribution in [-0.4, -0.2) is 18.1 Å². The van der Waals surface area contributed by atoms with Crippen LogP contribution >= 0.6 is 0 Å². The molecule has 0 aliphatic carbocycles. The summed E-state index contributed by atoms with van der Waals surface area (Å²) >= 11 is 0. The lowest BCUT2D eigenvalue weighted by atomic mass is 10.1. The lowest BCUT2D eigenvalue weighted by Crippen LogP contribution is -2.24. The number of carbonyl (C=O) groups is 1. The predicted octanol–water partition coefficient (Wildman–Crippen LogP) is 2.26. The van der Waals surface area contributed by atoms with Crippen molar-refractivity contribution in [3.8, 4) is 0 Å². The van der Waals surface area contributed by atoms with Crippen LogP contribution in [-0.2, 0) is 9.53 Å². The number of rotatable bonds is 6. The quantitative estimate of drug-likeness (QED) is 0.473. The number of hydrogen-bond acceptors (Lipinski definition) is 4. The smallest absolute Gasteiger partial charge is 0.334 e. The fourth-order valence-electron chi connectivity index (χ4n) is 0.922. The van der Waals surface area contributed by atoms with E-state index in [2.05, 4.69) is 5.18 Å². The molecule has 0 aromatic carbocycles. The lowest BCUT2D eigenvalue weighted by Gasteiger charge is -2.11. The number of hydrogen-bond donors (Lipinski definition) is 0. The first kappa shape index (κ1) is 12.1. The molecular weight excluding hydrogens is 170 g/mol. The van der Waals surface area contributed by atoms with Gasteiger partial charge in [0.15, 0.2) is 6.04 Å². The van der Waals surface area contributed by atoms with Gasteiger partial charge >= 0.3 is 5.97 Å². The molecule has 0 fully saturated rings. The van der Waals surface area contributed by atoms with Crippen molar-refractivity contribution in [2.75, 3.05) is 0 Å². The summed E-state index contributed by atoms with van der Waals surface area (Å²) in [5.41, 5.74) is 0. The van der Waals surface area contributed by atoms with Gasteiger partial charge in [-0.25, -0.2) is 4.79 Å². The van der Waals surface area contributed by atoms with Crippen LogP contribution in [0.4, 0.5) is 0 Å². The van der Waals surface area contributed by atoms with Gasteiger partial charge in [0.1, 0.15) is 0 Å². The monoisotopic (exact) mass is 187 g/mol. The zero-order chi connectivity index (χ0) is 10.3. The van der Waals surface area contributed by atoms with Crippen molar-refractivity contribution in [2.24, 2.45) is 5.18 Å². The fraction of sp³-hybridized carbons (Fsp3) is 0.889. The van der Waals surface area contributed by atoms with E-state index in [1.165, 1.54) is 0 Å². The Kier molecular flexibility index (Phi) is 6.10. The summed E-state index contributed by atoms with van der Waals surface area (Å²) in [6.45, 7) is 5.49. The van der Waals surface area contributed by atoms with Gasteiger partial charge in [-0.3, -0.25) is 0 Å². The van der Waals surface area contributed by atoms with E-state index in [1.807, 2.05) is 6.92 Å². The van der Waals surface area contributed by atoms with Crippen LogP contribution in [0, 0.1) is 4.91 Å². The van der Waals surface area contributed by atoms with Crippen molar-refractivity contribution in [3.05, 3.63) is 4.91 Å². The Balaban J connectivity index is 3.92. The second-order valence-electron chi connectivity index (χ2n) is 3.25. The van der Waals surface area contributed by atoms with Gasteiger partial charge in [-0.1, -0.05) is 24.9 Å². The summed E-state index contributed by atoms with van der Waals surface area (Å²) in [7, 11) is 0. The molecule has 0 aliphatic rings. The molecule has 0 heterocycles. The minimum absolute atomic E-state index is 0.182. The van der Waals surface area contributed by atoms with Crippen molar-refractivity contribution in [1.82, 2.24) is 0 Å². The van der Waals surface area contributed by atoms with Crippen LogP contribution in [0.2, 0.25) is 0 Å². The average Bonchev–Trinajstić information content (AvgIpc) is 2.04. The van der Waals surface area contributed by atoms with Crippen molar-refractivity contribution in [2.45, 2.75) is 52.2 Å². The molecule has 0 rings (SSSR count). The molecule has 0 amide bonds. The third kappa shape index (κ3) is 5.33. The lowest BCUT2D eigenvalue weighted by molar-refractivity contribution is -0.149. The first-order valence-electron chi connectivity index (χ1n) is 4.64. The zero-order valence-electron chi connectivity index (χ0n) is 8.45. The summed E-state index contributed by atoms with van der Waals surface area (Å²) < 4.78 is 4.87. The third-order valence-electron chi connectivity index (χ3n) is 1.58. The molecule has 1 unspecified atom stereocenters. The second kappa shape index (κ2) is 6.57. The van der Waals surface area contributed by atoms with Crippen molar-refractivity contribution in [3.63, 3.8) is 0 Å². The molecular formula is C9H17NO3. The molecule has 0 aliphatic heterocycles. The van der Waals surface area contributed by atoms with E-state index < -0.39 is 12.0 Å². The number of ether oxygens (including phenoxy) is 1. The van der Waals surface area contributed by atoms with E-state index in [4.69, 9.17) is 4.74 Å². The Hall–Kier alpha value is -0.930. The normalized spacial score (nSPS) is 12.6. The Morgan fingerprint density at radius 1 is 1.46 bits per heavy atom. The molecule has 0 spiro atoms. The molecule has 0 bridgehead atoms. The largest absolute Gasteiger partial charge is 0.461 e. The molecule has 0 radical (unpaired) electrons. The van der Waals surface area contributed by atoms with Crippen LogP contribution in [0.5, 0.6) is 0 Å². The summed E-state index contributed by atoms with van der Waals surface area (Å²) in [5.74, 6) is -0.501. The van der Waals surface area contributed by atoms with E-state index in [9.17, 15) is 9.70 Å². The maximum absolute atomic E-state index is 11.2. The van der Waals surface area contributed by atoms with Crippen LogP contribution in [0.15, 0.2) is 5.18 Å². The zero-order valence-corrected chi connectivity index (χ0v) is 8.45. The maximum Gasteiger partial charge on any atom is 0.334 e. The van der Waals surface area contributed by atoms with E-state index in [0.29, 0.717) is 6.42 Å². The molecule has 0 N–H and O–H groups in total. The van der Waals surface area contributed by atoms with Crippen LogP contribution in [0.3, 0.4) is 0 Å². The Bertz CT molecular complexity index is 168. The SMILES string of the molecule is CCCCC(N=O)C(=O)OC(C)C. The average molecular weight is 187 g/mol. The summed E-state index contributed by atoms with van der Waals surface area (Å²) in [5, 5.41) is 2.75. The second-order valence-corrected chi connectivity index (χ2v) is 3.25.